The number of nitrogens with zero attached hydrogens (tertiary/aromatic N) is 1. The molecule has 1 aromatic rings. The molecule has 4 heteroatoms. The van der Waals surface area contributed by atoms with Crippen molar-refractivity contribution in [2.24, 2.45) is 0 Å². The highest BCUT2D eigenvalue weighted by molar-refractivity contribution is 7.07. The van der Waals surface area contributed by atoms with Crippen LogP contribution in [0, 0.1) is 0 Å². The number of rotatable bonds is 4. The molecule has 0 aliphatic carbocycles. The standard InChI is InChI=1S/C12H19NO2S/c1-10-6-13(7-12(8-14)15-10)4-2-11-3-5-16-9-11/h3,5,9-10,12,14H,2,4,6-8H2,1H3. The van der Waals surface area contributed by atoms with E-state index in [-0.39, 0.29) is 18.8 Å². The van der Waals surface area contributed by atoms with Crippen molar-refractivity contribution in [3.8, 4) is 0 Å². The summed E-state index contributed by atoms with van der Waals surface area (Å²) in [5, 5.41) is 13.4. The smallest absolute Gasteiger partial charge is 0.0936 e. The number of thiophene rings is 1. The van der Waals surface area contributed by atoms with Crippen molar-refractivity contribution in [1.29, 1.82) is 0 Å². The van der Waals surface area contributed by atoms with Crippen LogP contribution in [-0.4, -0.2) is 48.5 Å². The Morgan fingerprint density at radius 3 is 3.12 bits per heavy atom. The molecule has 2 heterocycles. The van der Waals surface area contributed by atoms with Crippen molar-refractivity contribution < 1.29 is 9.84 Å². The van der Waals surface area contributed by atoms with Gasteiger partial charge in [-0.1, -0.05) is 0 Å². The van der Waals surface area contributed by atoms with Crippen molar-refractivity contribution in [3.63, 3.8) is 0 Å². The third-order valence-corrected chi connectivity index (χ3v) is 3.63. The Morgan fingerprint density at radius 1 is 1.56 bits per heavy atom. The van der Waals surface area contributed by atoms with E-state index in [4.69, 9.17) is 9.84 Å². The molecule has 90 valence electrons. The summed E-state index contributed by atoms with van der Waals surface area (Å²) in [6.07, 6.45) is 1.31. The first-order valence-corrected chi connectivity index (χ1v) is 6.72. The molecule has 1 N–H and O–H groups in total. The SMILES string of the molecule is CC1CN(CCc2ccsc2)CC(CO)O1. The van der Waals surface area contributed by atoms with Crippen LogP contribution in [0.25, 0.3) is 0 Å². The zero-order valence-electron chi connectivity index (χ0n) is 9.63. The van der Waals surface area contributed by atoms with Gasteiger partial charge in [0.15, 0.2) is 0 Å². The minimum Gasteiger partial charge on any atom is -0.394 e. The Labute approximate surface area is 101 Å². The normalized spacial score (nSPS) is 27.1. The summed E-state index contributed by atoms with van der Waals surface area (Å²) < 4.78 is 5.61. The molecule has 0 spiro atoms. The maximum absolute atomic E-state index is 9.13. The molecule has 16 heavy (non-hydrogen) atoms. The quantitative estimate of drug-likeness (QED) is 0.864. The molecule has 1 saturated heterocycles. The fourth-order valence-electron chi connectivity index (χ4n) is 2.15. The Kier molecular flexibility index (Phi) is 4.35. The average Bonchev–Trinajstić information content (AvgIpc) is 2.78. The van der Waals surface area contributed by atoms with Crippen molar-refractivity contribution >= 4 is 11.3 Å². The van der Waals surface area contributed by atoms with E-state index in [1.807, 2.05) is 0 Å². The van der Waals surface area contributed by atoms with Gasteiger partial charge in [-0.2, -0.15) is 11.3 Å². The average molecular weight is 241 g/mol. The zero-order valence-corrected chi connectivity index (χ0v) is 10.4. The second kappa shape index (κ2) is 5.77. The number of hydrogen-bond donors (Lipinski definition) is 1. The Bertz CT molecular complexity index is 302. The lowest BCUT2D eigenvalue weighted by Crippen LogP contribution is -2.48. The van der Waals surface area contributed by atoms with Crippen molar-refractivity contribution in [2.45, 2.75) is 25.6 Å². The lowest BCUT2D eigenvalue weighted by atomic mass is 10.2. The second-order valence-corrected chi connectivity index (χ2v) is 5.17. The molecule has 0 saturated carbocycles. The maximum Gasteiger partial charge on any atom is 0.0936 e. The summed E-state index contributed by atoms with van der Waals surface area (Å²) in [4.78, 5) is 2.38. The van der Waals surface area contributed by atoms with Gasteiger partial charge < -0.3 is 9.84 Å². The van der Waals surface area contributed by atoms with Gasteiger partial charge in [0.05, 0.1) is 18.8 Å². The van der Waals surface area contributed by atoms with Crippen LogP contribution in [-0.2, 0) is 11.2 Å². The van der Waals surface area contributed by atoms with E-state index in [9.17, 15) is 0 Å². The molecule has 1 aliphatic rings. The molecule has 1 aliphatic heterocycles. The molecular formula is C12H19NO2S. The van der Waals surface area contributed by atoms with Gasteiger partial charge in [0.1, 0.15) is 0 Å². The number of aliphatic hydroxyl groups is 1. The summed E-state index contributed by atoms with van der Waals surface area (Å²) in [7, 11) is 0. The number of ether oxygens (including phenoxy) is 1. The van der Waals surface area contributed by atoms with E-state index in [0.717, 1.165) is 26.1 Å². The predicted molar refractivity (Wildman–Crippen MR) is 65.9 cm³/mol. The third kappa shape index (κ3) is 3.28. The van der Waals surface area contributed by atoms with E-state index >= 15 is 0 Å². The molecule has 1 aromatic heterocycles. The molecule has 2 rings (SSSR count). The van der Waals surface area contributed by atoms with Crippen LogP contribution in [0.3, 0.4) is 0 Å². The van der Waals surface area contributed by atoms with Crippen molar-refractivity contribution in [1.82, 2.24) is 4.90 Å². The highest BCUT2D eigenvalue weighted by Crippen LogP contribution is 2.13. The van der Waals surface area contributed by atoms with Crippen molar-refractivity contribution in [3.05, 3.63) is 22.4 Å². The first kappa shape index (κ1) is 12.0. The highest BCUT2D eigenvalue weighted by atomic mass is 32.1. The summed E-state index contributed by atoms with van der Waals surface area (Å²) in [5.74, 6) is 0. The topological polar surface area (TPSA) is 32.7 Å². The molecule has 0 bridgehead atoms. The maximum atomic E-state index is 9.13. The molecule has 1 fully saturated rings. The summed E-state index contributed by atoms with van der Waals surface area (Å²) in [6, 6.07) is 2.18. The number of morpholine rings is 1. The van der Waals surface area contributed by atoms with Crippen LogP contribution >= 0.6 is 11.3 Å². The van der Waals surface area contributed by atoms with E-state index in [1.54, 1.807) is 11.3 Å². The van der Waals surface area contributed by atoms with Crippen molar-refractivity contribution in [2.75, 3.05) is 26.2 Å². The van der Waals surface area contributed by atoms with E-state index in [0.29, 0.717) is 0 Å². The molecule has 0 amide bonds. The monoisotopic (exact) mass is 241 g/mol. The van der Waals surface area contributed by atoms with Crippen LogP contribution in [0.5, 0.6) is 0 Å². The van der Waals surface area contributed by atoms with Crippen LogP contribution in [0.1, 0.15) is 12.5 Å². The van der Waals surface area contributed by atoms with E-state index in [1.165, 1.54) is 5.56 Å². The molecule has 2 atom stereocenters. The van der Waals surface area contributed by atoms with Crippen LogP contribution in [0.2, 0.25) is 0 Å². The zero-order chi connectivity index (χ0) is 11.4. The lowest BCUT2D eigenvalue weighted by Gasteiger charge is -2.36. The van der Waals surface area contributed by atoms with E-state index < -0.39 is 0 Å². The summed E-state index contributed by atoms with van der Waals surface area (Å²) in [6.45, 7) is 5.07. The first-order chi connectivity index (χ1) is 7.78. The number of aliphatic hydroxyl groups excluding tert-OH is 1. The van der Waals surface area contributed by atoms with Gasteiger partial charge in [0, 0.05) is 19.6 Å². The van der Waals surface area contributed by atoms with Gasteiger partial charge in [-0.05, 0) is 35.7 Å². The summed E-state index contributed by atoms with van der Waals surface area (Å²) in [5.41, 5.74) is 1.41. The van der Waals surface area contributed by atoms with Gasteiger partial charge >= 0.3 is 0 Å². The minimum absolute atomic E-state index is 0.00813. The fraction of sp³-hybridized carbons (Fsp3) is 0.667. The molecule has 2 unspecified atom stereocenters. The largest absolute Gasteiger partial charge is 0.394 e. The predicted octanol–water partition coefficient (Wildman–Crippen LogP) is 1.37. The Balaban J connectivity index is 1.80. The van der Waals surface area contributed by atoms with Gasteiger partial charge in [-0.25, -0.2) is 0 Å². The molecular weight excluding hydrogens is 222 g/mol. The van der Waals surface area contributed by atoms with Gasteiger partial charge in [0.25, 0.3) is 0 Å². The fourth-order valence-corrected chi connectivity index (χ4v) is 2.85. The Hall–Kier alpha value is -0.420. The molecule has 3 nitrogen and oxygen atoms in total. The van der Waals surface area contributed by atoms with Crippen LogP contribution < -0.4 is 0 Å². The van der Waals surface area contributed by atoms with Gasteiger partial charge in [-0.3, -0.25) is 4.90 Å². The van der Waals surface area contributed by atoms with Crippen LogP contribution in [0.15, 0.2) is 16.8 Å². The molecule has 0 aromatic carbocycles. The second-order valence-electron chi connectivity index (χ2n) is 4.39. The summed E-state index contributed by atoms with van der Waals surface area (Å²) >= 11 is 1.75. The van der Waals surface area contributed by atoms with Gasteiger partial charge in [0.2, 0.25) is 0 Å². The number of hydrogen-bond acceptors (Lipinski definition) is 4. The van der Waals surface area contributed by atoms with Gasteiger partial charge in [-0.15, -0.1) is 0 Å². The van der Waals surface area contributed by atoms with Crippen LogP contribution in [0.4, 0.5) is 0 Å². The molecule has 0 radical (unpaired) electrons. The highest BCUT2D eigenvalue weighted by Gasteiger charge is 2.24. The minimum atomic E-state index is -0.00813. The lowest BCUT2D eigenvalue weighted by molar-refractivity contribution is -0.0947. The Morgan fingerprint density at radius 2 is 2.44 bits per heavy atom. The first-order valence-electron chi connectivity index (χ1n) is 5.77. The van der Waals surface area contributed by atoms with E-state index in [2.05, 4.69) is 28.7 Å². The third-order valence-electron chi connectivity index (χ3n) is 2.90.